The second-order valence-corrected chi connectivity index (χ2v) is 9.58. The molecule has 156 valence electrons. The molecule has 6 nitrogen and oxygen atoms in total. The highest BCUT2D eigenvalue weighted by Crippen LogP contribution is 2.30. The van der Waals surface area contributed by atoms with Gasteiger partial charge in [-0.1, -0.05) is 25.7 Å². The molecule has 1 amide bonds. The Morgan fingerprint density at radius 1 is 1.11 bits per heavy atom. The fourth-order valence-corrected chi connectivity index (χ4v) is 5.73. The molecule has 2 fully saturated rings. The van der Waals surface area contributed by atoms with Gasteiger partial charge in [0.15, 0.2) is 0 Å². The molecule has 28 heavy (non-hydrogen) atoms. The summed E-state index contributed by atoms with van der Waals surface area (Å²) in [6, 6.07) is 3.71. The number of hydrogen-bond acceptors (Lipinski definition) is 4. The average molecular weight is 413 g/mol. The number of hydrogen-bond donors (Lipinski definition) is 1. The van der Waals surface area contributed by atoms with Crippen molar-refractivity contribution in [3.05, 3.63) is 24.0 Å². The molecule has 0 aromatic heterocycles. The lowest BCUT2D eigenvalue weighted by atomic mass is 9.96. The van der Waals surface area contributed by atoms with Crippen molar-refractivity contribution in [2.75, 3.05) is 20.2 Å². The molecule has 1 saturated heterocycles. The Kier molecular flexibility index (Phi) is 6.93. The van der Waals surface area contributed by atoms with Gasteiger partial charge in [0.25, 0.3) is 0 Å². The summed E-state index contributed by atoms with van der Waals surface area (Å²) in [5.74, 6) is -0.650. The Hall–Kier alpha value is -1.67. The van der Waals surface area contributed by atoms with Crippen molar-refractivity contribution in [3.8, 4) is 5.75 Å². The van der Waals surface area contributed by atoms with Crippen LogP contribution < -0.4 is 10.1 Å². The first kappa shape index (κ1) is 21.0. The van der Waals surface area contributed by atoms with Gasteiger partial charge in [-0.3, -0.25) is 4.79 Å². The third-order valence-electron chi connectivity index (χ3n) is 5.77. The van der Waals surface area contributed by atoms with E-state index in [4.69, 9.17) is 4.74 Å². The highest BCUT2D eigenvalue weighted by atomic mass is 32.2. The van der Waals surface area contributed by atoms with E-state index in [1.165, 1.54) is 36.4 Å². The van der Waals surface area contributed by atoms with E-state index in [0.717, 1.165) is 31.7 Å². The first-order valence-corrected chi connectivity index (χ1v) is 11.5. The van der Waals surface area contributed by atoms with Crippen LogP contribution >= 0.6 is 0 Å². The van der Waals surface area contributed by atoms with Gasteiger partial charge in [-0.15, -0.1) is 0 Å². The van der Waals surface area contributed by atoms with Gasteiger partial charge in [-0.2, -0.15) is 4.31 Å². The summed E-state index contributed by atoms with van der Waals surface area (Å²) in [5, 5.41) is 3.16. The highest BCUT2D eigenvalue weighted by molar-refractivity contribution is 7.89. The molecule has 0 radical (unpaired) electrons. The first-order chi connectivity index (χ1) is 13.4. The van der Waals surface area contributed by atoms with E-state index < -0.39 is 15.8 Å². The Balaban J connectivity index is 1.61. The Bertz CT molecular complexity index is 783. The Morgan fingerprint density at radius 2 is 1.75 bits per heavy atom. The monoisotopic (exact) mass is 412 g/mol. The van der Waals surface area contributed by atoms with Crippen LogP contribution in [0, 0.1) is 11.7 Å². The maximum Gasteiger partial charge on any atom is 0.246 e. The number of methoxy groups -OCH3 is 1. The minimum atomic E-state index is -3.87. The van der Waals surface area contributed by atoms with Crippen molar-refractivity contribution in [1.82, 2.24) is 9.62 Å². The maximum atomic E-state index is 13.6. The Morgan fingerprint density at radius 3 is 2.36 bits per heavy atom. The van der Waals surface area contributed by atoms with Crippen molar-refractivity contribution >= 4 is 15.9 Å². The molecule has 1 saturated carbocycles. The van der Waals surface area contributed by atoms with E-state index in [1.807, 2.05) is 0 Å². The summed E-state index contributed by atoms with van der Waals surface area (Å²) >= 11 is 0. The number of nitrogens with one attached hydrogen (secondary N) is 1. The normalized spacial score (nSPS) is 20.5. The second kappa shape index (κ2) is 9.22. The zero-order chi connectivity index (χ0) is 20.1. The lowest BCUT2D eigenvalue weighted by Gasteiger charge is -2.31. The molecule has 1 aromatic rings. The van der Waals surface area contributed by atoms with E-state index in [-0.39, 0.29) is 41.6 Å². The molecule has 1 N–H and O–H groups in total. The number of sulfonamides is 1. The van der Waals surface area contributed by atoms with E-state index in [2.05, 4.69) is 5.32 Å². The Labute approximate surface area is 166 Å². The van der Waals surface area contributed by atoms with Gasteiger partial charge in [-0.25, -0.2) is 12.8 Å². The summed E-state index contributed by atoms with van der Waals surface area (Å²) in [6.45, 7) is 0.482. The van der Waals surface area contributed by atoms with Crippen molar-refractivity contribution < 1.29 is 22.3 Å². The van der Waals surface area contributed by atoms with Gasteiger partial charge in [0, 0.05) is 25.0 Å². The molecule has 0 spiro atoms. The van der Waals surface area contributed by atoms with Crippen LogP contribution in [0.15, 0.2) is 23.1 Å². The smallest absolute Gasteiger partial charge is 0.246 e. The van der Waals surface area contributed by atoms with Crippen LogP contribution in [0.4, 0.5) is 4.39 Å². The van der Waals surface area contributed by atoms with Crippen LogP contribution in [0.3, 0.4) is 0 Å². The van der Waals surface area contributed by atoms with Gasteiger partial charge in [0.1, 0.15) is 16.5 Å². The van der Waals surface area contributed by atoms with Crippen molar-refractivity contribution in [3.63, 3.8) is 0 Å². The molecule has 0 unspecified atom stereocenters. The standard InChI is InChI=1S/C20H29FN2O4S/c1-27-18-9-8-16(21)14-19(18)28(25,26)23-12-10-15(11-13-23)20(24)22-17-6-4-2-3-5-7-17/h8-9,14-15,17H,2-7,10-13H2,1H3,(H,22,24). The van der Waals surface area contributed by atoms with Gasteiger partial charge >= 0.3 is 0 Å². The van der Waals surface area contributed by atoms with Crippen LogP contribution in [0.25, 0.3) is 0 Å². The number of ether oxygens (including phenoxy) is 1. The lowest BCUT2D eigenvalue weighted by Crippen LogP contribution is -2.45. The van der Waals surface area contributed by atoms with Gasteiger partial charge in [0.05, 0.1) is 7.11 Å². The number of nitrogens with zero attached hydrogens (tertiary/aromatic N) is 1. The van der Waals surface area contributed by atoms with Gasteiger partial charge < -0.3 is 10.1 Å². The number of benzene rings is 1. The number of rotatable bonds is 5. The number of carbonyl (C=O) groups is 1. The maximum absolute atomic E-state index is 13.6. The zero-order valence-electron chi connectivity index (χ0n) is 16.3. The summed E-state index contributed by atoms with van der Waals surface area (Å²) in [4.78, 5) is 12.4. The summed E-state index contributed by atoms with van der Waals surface area (Å²) in [7, 11) is -2.51. The van der Waals surface area contributed by atoms with Crippen LogP contribution in [0.1, 0.15) is 51.4 Å². The molecule has 2 aliphatic rings. The van der Waals surface area contributed by atoms with Gasteiger partial charge in [0.2, 0.25) is 15.9 Å². The molecular formula is C20H29FN2O4S. The summed E-state index contributed by atoms with van der Waals surface area (Å²) < 4.78 is 45.9. The van der Waals surface area contributed by atoms with E-state index >= 15 is 0 Å². The minimum absolute atomic E-state index is 0.0345. The van der Waals surface area contributed by atoms with E-state index in [9.17, 15) is 17.6 Å². The fraction of sp³-hybridized carbons (Fsp3) is 0.650. The average Bonchev–Trinajstić information content (AvgIpc) is 2.96. The predicted octanol–water partition coefficient (Wildman–Crippen LogP) is 3.07. The third kappa shape index (κ3) is 4.84. The molecule has 1 heterocycles. The largest absolute Gasteiger partial charge is 0.495 e. The van der Waals surface area contributed by atoms with Crippen molar-refractivity contribution in [1.29, 1.82) is 0 Å². The predicted molar refractivity (Wildman–Crippen MR) is 104 cm³/mol. The summed E-state index contributed by atoms with van der Waals surface area (Å²) in [5.41, 5.74) is 0. The third-order valence-corrected chi connectivity index (χ3v) is 7.69. The number of halogens is 1. The first-order valence-electron chi connectivity index (χ1n) is 10.1. The number of carbonyl (C=O) groups excluding carboxylic acids is 1. The molecular weight excluding hydrogens is 383 g/mol. The molecule has 1 aliphatic carbocycles. The van der Waals surface area contributed by atoms with Crippen molar-refractivity contribution in [2.24, 2.45) is 5.92 Å². The van der Waals surface area contributed by atoms with Crippen molar-refractivity contribution in [2.45, 2.75) is 62.3 Å². The van der Waals surface area contributed by atoms with E-state index in [1.54, 1.807) is 0 Å². The van der Waals surface area contributed by atoms with Crippen LogP contribution in [0.5, 0.6) is 5.75 Å². The quantitative estimate of drug-likeness (QED) is 0.754. The molecule has 1 aromatic carbocycles. The minimum Gasteiger partial charge on any atom is -0.495 e. The second-order valence-electron chi connectivity index (χ2n) is 7.67. The zero-order valence-corrected chi connectivity index (χ0v) is 17.1. The molecule has 0 bridgehead atoms. The molecule has 1 aliphatic heterocycles. The van der Waals surface area contributed by atoms with Crippen LogP contribution in [-0.4, -0.2) is 44.9 Å². The van der Waals surface area contributed by atoms with Crippen LogP contribution in [0.2, 0.25) is 0 Å². The number of amides is 1. The summed E-state index contributed by atoms with van der Waals surface area (Å²) in [6.07, 6.45) is 7.74. The van der Waals surface area contributed by atoms with E-state index in [0.29, 0.717) is 12.8 Å². The molecule has 8 heteroatoms. The van der Waals surface area contributed by atoms with Crippen LogP contribution in [-0.2, 0) is 14.8 Å². The molecule has 3 rings (SSSR count). The SMILES string of the molecule is COc1ccc(F)cc1S(=O)(=O)N1CCC(C(=O)NC2CCCCCC2)CC1. The topological polar surface area (TPSA) is 75.7 Å². The molecule has 0 atom stereocenters. The van der Waals surface area contributed by atoms with Gasteiger partial charge in [-0.05, 0) is 43.9 Å². The highest BCUT2D eigenvalue weighted by Gasteiger charge is 2.34. The fourth-order valence-electron chi connectivity index (χ4n) is 4.09. The number of piperidine rings is 1. The lowest BCUT2D eigenvalue weighted by molar-refractivity contribution is -0.126.